The van der Waals surface area contributed by atoms with Gasteiger partial charge in [0.05, 0.1) is 18.0 Å². The summed E-state index contributed by atoms with van der Waals surface area (Å²) in [6, 6.07) is 3.83. The van der Waals surface area contributed by atoms with Gasteiger partial charge in [0.2, 0.25) is 0 Å². The summed E-state index contributed by atoms with van der Waals surface area (Å²) < 4.78 is 5.65. The zero-order valence-electron chi connectivity index (χ0n) is 11.8. The molecule has 4 nitrogen and oxygen atoms in total. The van der Waals surface area contributed by atoms with Crippen LogP contribution in [0.25, 0.3) is 0 Å². The van der Waals surface area contributed by atoms with Crippen molar-refractivity contribution in [2.45, 2.75) is 39.2 Å². The standard InChI is InChI=1S/C15H22N2O2/c1-3-15(18)14-6-5-12(11-16-14)17-9-7-13(8-10-17)19-4-2/h5-6,11,13H,3-4,7-10H2,1-2H3. The Bertz CT molecular complexity index is 409. The number of ether oxygens (including phenoxy) is 1. The highest BCUT2D eigenvalue weighted by Gasteiger charge is 2.19. The van der Waals surface area contributed by atoms with Crippen LogP contribution in [-0.2, 0) is 4.74 Å². The summed E-state index contributed by atoms with van der Waals surface area (Å²) >= 11 is 0. The van der Waals surface area contributed by atoms with Gasteiger partial charge in [0, 0.05) is 26.1 Å². The summed E-state index contributed by atoms with van der Waals surface area (Å²) in [6.45, 7) is 6.68. The predicted molar refractivity (Wildman–Crippen MR) is 75.7 cm³/mol. The SMILES string of the molecule is CCOC1CCN(c2ccc(C(=O)CC)nc2)CC1. The molecule has 0 unspecified atom stereocenters. The maximum Gasteiger partial charge on any atom is 0.180 e. The molecule has 1 fully saturated rings. The fraction of sp³-hybridized carbons (Fsp3) is 0.600. The van der Waals surface area contributed by atoms with Gasteiger partial charge in [-0.25, -0.2) is 0 Å². The van der Waals surface area contributed by atoms with Crippen molar-refractivity contribution in [3.05, 3.63) is 24.0 Å². The first-order valence-corrected chi connectivity index (χ1v) is 7.10. The molecule has 0 aromatic carbocycles. The Morgan fingerprint density at radius 2 is 2.11 bits per heavy atom. The number of hydrogen-bond donors (Lipinski definition) is 0. The van der Waals surface area contributed by atoms with Crippen LogP contribution < -0.4 is 4.90 Å². The van der Waals surface area contributed by atoms with Crippen molar-refractivity contribution in [3.63, 3.8) is 0 Å². The summed E-state index contributed by atoms with van der Waals surface area (Å²) in [5, 5.41) is 0. The molecule has 1 aromatic rings. The topological polar surface area (TPSA) is 42.4 Å². The summed E-state index contributed by atoms with van der Waals surface area (Å²) in [5.74, 6) is 0.0987. The van der Waals surface area contributed by atoms with E-state index in [1.807, 2.05) is 32.2 Å². The Morgan fingerprint density at radius 3 is 2.63 bits per heavy atom. The van der Waals surface area contributed by atoms with E-state index in [2.05, 4.69) is 9.88 Å². The average Bonchev–Trinajstić information content (AvgIpc) is 2.48. The van der Waals surface area contributed by atoms with E-state index in [-0.39, 0.29) is 5.78 Å². The lowest BCUT2D eigenvalue weighted by atomic mass is 10.1. The summed E-state index contributed by atoms with van der Waals surface area (Å²) in [4.78, 5) is 18.1. The zero-order chi connectivity index (χ0) is 13.7. The van der Waals surface area contributed by atoms with Crippen LogP contribution in [0.1, 0.15) is 43.6 Å². The van der Waals surface area contributed by atoms with Gasteiger partial charge in [-0.2, -0.15) is 0 Å². The number of rotatable bonds is 5. The summed E-state index contributed by atoms with van der Waals surface area (Å²) in [7, 11) is 0. The van der Waals surface area contributed by atoms with Gasteiger partial charge in [0.25, 0.3) is 0 Å². The molecule has 19 heavy (non-hydrogen) atoms. The minimum absolute atomic E-state index is 0.0987. The van der Waals surface area contributed by atoms with Gasteiger partial charge in [-0.3, -0.25) is 9.78 Å². The lowest BCUT2D eigenvalue weighted by molar-refractivity contribution is 0.0459. The molecule has 0 radical (unpaired) electrons. The van der Waals surface area contributed by atoms with Gasteiger partial charge in [0.1, 0.15) is 5.69 Å². The average molecular weight is 262 g/mol. The van der Waals surface area contributed by atoms with E-state index in [1.54, 1.807) is 0 Å². The van der Waals surface area contributed by atoms with Crippen molar-refractivity contribution < 1.29 is 9.53 Å². The van der Waals surface area contributed by atoms with Crippen LogP contribution in [0, 0.1) is 0 Å². The van der Waals surface area contributed by atoms with Crippen LogP contribution in [0.15, 0.2) is 18.3 Å². The van der Waals surface area contributed by atoms with Crippen LogP contribution in [0.4, 0.5) is 5.69 Å². The molecule has 0 atom stereocenters. The number of ketones is 1. The largest absolute Gasteiger partial charge is 0.378 e. The molecule has 1 aromatic heterocycles. The molecule has 0 N–H and O–H groups in total. The lowest BCUT2D eigenvalue weighted by Crippen LogP contribution is -2.37. The molecule has 0 saturated carbocycles. The monoisotopic (exact) mass is 262 g/mol. The third-order valence-corrected chi connectivity index (χ3v) is 3.56. The van der Waals surface area contributed by atoms with Gasteiger partial charge in [0.15, 0.2) is 5.78 Å². The highest BCUT2D eigenvalue weighted by atomic mass is 16.5. The number of carbonyl (C=O) groups excluding carboxylic acids is 1. The van der Waals surface area contributed by atoms with E-state index in [1.165, 1.54) is 0 Å². The second-order valence-electron chi connectivity index (χ2n) is 4.82. The number of piperidine rings is 1. The molecular formula is C15H22N2O2. The molecule has 2 heterocycles. The molecule has 1 saturated heterocycles. The molecule has 104 valence electrons. The number of carbonyl (C=O) groups is 1. The van der Waals surface area contributed by atoms with Crippen LogP contribution in [0.5, 0.6) is 0 Å². The normalized spacial score (nSPS) is 16.6. The summed E-state index contributed by atoms with van der Waals surface area (Å²) in [5.41, 5.74) is 1.66. The van der Waals surface area contributed by atoms with Crippen LogP contribution in [-0.4, -0.2) is 36.6 Å². The Kier molecular flexibility index (Phi) is 4.91. The Balaban J connectivity index is 1.94. The second kappa shape index (κ2) is 6.66. The molecule has 0 spiro atoms. The van der Waals surface area contributed by atoms with Crippen molar-refractivity contribution >= 4 is 11.5 Å². The minimum Gasteiger partial charge on any atom is -0.378 e. The van der Waals surface area contributed by atoms with Crippen molar-refractivity contribution in [1.29, 1.82) is 0 Å². The minimum atomic E-state index is 0.0987. The Hall–Kier alpha value is -1.42. The van der Waals surface area contributed by atoms with Crippen LogP contribution in [0.3, 0.4) is 0 Å². The molecule has 0 aliphatic carbocycles. The number of hydrogen-bond acceptors (Lipinski definition) is 4. The summed E-state index contributed by atoms with van der Waals surface area (Å²) in [6.07, 6.45) is 4.83. The van der Waals surface area contributed by atoms with E-state index in [0.29, 0.717) is 18.2 Å². The molecule has 1 aliphatic rings. The fourth-order valence-corrected chi connectivity index (χ4v) is 2.44. The van der Waals surface area contributed by atoms with Crippen molar-refractivity contribution in [3.8, 4) is 0 Å². The van der Waals surface area contributed by atoms with E-state index >= 15 is 0 Å². The van der Waals surface area contributed by atoms with Gasteiger partial charge >= 0.3 is 0 Å². The number of anilines is 1. The molecule has 2 rings (SSSR count). The third-order valence-electron chi connectivity index (χ3n) is 3.56. The first kappa shape index (κ1) is 14.0. The molecule has 1 aliphatic heterocycles. The fourth-order valence-electron chi connectivity index (χ4n) is 2.44. The first-order chi connectivity index (χ1) is 9.24. The maximum absolute atomic E-state index is 11.5. The number of pyridine rings is 1. The quantitative estimate of drug-likeness (QED) is 0.765. The third kappa shape index (κ3) is 3.53. The first-order valence-electron chi connectivity index (χ1n) is 7.10. The Labute approximate surface area is 114 Å². The van der Waals surface area contributed by atoms with Crippen molar-refractivity contribution in [2.24, 2.45) is 0 Å². The number of Topliss-reactive ketones (excluding diaryl/α,β-unsaturated/α-hetero) is 1. The highest BCUT2D eigenvalue weighted by Crippen LogP contribution is 2.21. The van der Waals surface area contributed by atoms with E-state index in [4.69, 9.17) is 4.74 Å². The second-order valence-corrected chi connectivity index (χ2v) is 4.82. The lowest BCUT2D eigenvalue weighted by Gasteiger charge is -2.33. The zero-order valence-corrected chi connectivity index (χ0v) is 11.8. The highest BCUT2D eigenvalue weighted by molar-refractivity contribution is 5.94. The van der Waals surface area contributed by atoms with E-state index in [0.717, 1.165) is 38.2 Å². The molecule has 4 heteroatoms. The number of nitrogens with zero attached hydrogens (tertiary/aromatic N) is 2. The van der Waals surface area contributed by atoms with Crippen LogP contribution >= 0.6 is 0 Å². The molecule has 0 amide bonds. The van der Waals surface area contributed by atoms with Crippen LogP contribution in [0.2, 0.25) is 0 Å². The Morgan fingerprint density at radius 1 is 1.37 bits per heavy atom. The number of aromatic nitrogens is 1. The van der Waals surface area contributed by atoms with Gasteiger partial charge in [-0.05, 0) is 31.9 Å². The van der Waals surface area contributed by atoms with E-state index in [9.17, 15) is 4.79 Å². The van der Waals surface area contributed by atoms with Crippen molar-refractivity contribution in [2.75, 3.05) is 24.6 Å². The van der Waals surface area contributed by atoms with Gasteiger partial charge < -0.3 is 9.64 Å². The molecular weight excluding hydrogens is 240 g/mol. The van der Waals surface area contributed by atoms with E-state index < -0.39 is 0 Å². The molecule has 0 bridgehead atoms. The van der Waals surface area contributed by atoms with Crippen molar-refractivity contribution in [1.82, 2.24) is 4.98 Å². The van der Waals surface area contributed by atoms with Gasteiger partial charge in [-0.1, -0.05) is 6.92 Å². The maximum atomic E-state index is 11.5. The van der Waals surface area contributed by atoms with Gasteiger partial charge in [-0.15, -0.1) is 0 Å². The smallest absolute Gasteiger partial charge is 0.180 e. The predicted octanol–water partition coefficient (Wildman–Crippen LogP) is 2.68.